The molecule has 0 spiro atoms. The van der Waals surface area contributed by atoms with E-state index >= 15 is 0 Å². The van der Waals surface area contributed by atoms with Gasteiger partial charge < -0.3 is 10.8 Å². The highest BCUT2D eigenvalue weighted by atomic mass is 16.3. The van der Waals surface area contributed by atoms with Crippen LogP contribution >= 0.6 is 0 Å². The maximum atomic E-state index is 12.4. The summed E-state index contributed by atoms with van der Waals surface area (Å²) in [6, 6.07) is 11.7. The SMILES string of the molecule is Nc1ccc2c(c1)C(=O)N(c1ccc(CCO)cc1)C2=O. The molecule has 5 heteroatoms. The maximum Gasteiger partial charge on any atom is 0.266 e. The molecule has 0 fully saturated rings. The molecule has 2 aromatic rings. The van der Waals surface area contributed by atoms with Crippen molar-refractivity contribution in [3.63, 3.8) is 0 Å². The Bertz CT molecular complexity index is 723. The fraction of sp³-hybridized carbons (Fsp3) is 0.125. The number of nitrogen functional groups attached to an aromatic ring is 1. The van der Waals surface area contributed by atoms with Crippen molar-refractivity contribution in [2.75, 3.05) is 17.2 Å². The minimum atomic E-state index is -0.364. The molecule has 2 amide bonds. The van der Waals surface area contributed by atoms with Crippen molar-refractivity contribution in [1.29, 1.82) is 0 Å². The number of imide groups is 1. The molecule has 0 saturated heterocycles. The molecule has 0 unspecified atom stereocenters. The summed E-state index contributed by atoms with van der Waals surface area (Å²) in [6.07, 6.45) is 0.541. The normalized spacial score (nSPS) is 13.7. The Hall–Kier alpha value is -2.66. The number of carbonyl (C=O) groups is 2. The fourth-order valence-electron chi connectivity index (χ4n) is 2.43. The van der Waals surface area contributed by atoms with Crippen LogP contribution in [0.15, 0.2) is 42.5 Å². The van der Waals surface area contributed by atoms with Gasteiger partial charge in [0.05, 0.1) is 16.8 Å². The number of carbonyl (C=O) groups excluding carboxylic acids is 2. The molecule has 3 rings (SSSR count). The quantitative estimate of drug-likeness (QED) is 0.661. The molecule has 106 valence electrons. The second-order valence-corrected chi connectivity index (χ2v) is 4.89. The van der Waals surface area contributed by atoms with Gasteiger partial charge in [-0.15, -0.1) is 0 Å². The lowest BCUT2D eigenvalue weighted by molar-refractivity contribution is 0.0926. The molecule has 1 heterocycles. The van der Waals surface area contributed by atoms with E-state index in [0.717, 1.165) is 10.5 Å². The lowest BCUT2D eigenvalue weighted by Gasteiger charge is -2.14. The number of fused-ring (bicyclic) bond motifs is 1. The number of nitrogens with zero attached hydrogens (tertiary/aromatic N) is 1. The minimum Gasteiger partial charge on any atom is -0.399 e. The highest BCUT2D eigenvalue weighted by Crippen LogP contribution is 2.29. The van der Waals surface area contributed by atoms with Crippen LogP contribution < -0.4 is 10.6 Å². The number of rotatable bonds is 3. The van der Waals surface area contributed by atoms with Crippen molar-refractivity contribution in [2.24, 2.45) is 0 Å². The Labute approximate surface area is 121 Å². The average Bonchev–Trinajstić information content (AvgIpc) is 2.72. The summed E-state index contributed by atoms with van der Waals surface area (Å²) >= 11 is 0. The molecular formula is C16H14N2O3. The summed E-state index contributed by atoms with van der Waals surface area (Å²) in [5.74, 6) is -0.706. The number of benzene rings is 2. The van der Waals surface area contributed by atoms with Crippen molar-refractivity contribution in [3.05, 3.63) is 59.2 Å². The van der Waals surface area contributed by atoms with E-state index in [4.69, 9.17) is 10.8 Å². The van der Waals surface area contributed by atoms with E-state index in [0.29, 0.717) is 28.9 Å². The van der Waals surface area contributed by atoms with Crippen LogP contribution in [0.1, 0.15) is 26.3 Å². The largest absolute Gasteiger partial charge is 0.399 e. The molecule has 0 atom stereocenters. The molecule has 5 nitrogen and oxygen atoms in total. The van der Waals surface area contributed by atoms with Crippen LogP contribution in [-0.2, 0) is 6.42 Å². The van der Waals surface area contributed by atoms with Crippen molar-refractivity contribution >= 4 is 23.2 Å². The van der Waals surface area contributed by atoms with Gasteiger partial charge in [-0.2, -0.15) is 0 Å². The second kappa shape index (κ2) is 5.03. The molecule has 3 N–H and O–H groups in total. The standard InChI is InChI=1S/C16H14N2O3/c17-11-3-6-13-14(9-11)16(21)18(15(13)20)12-4-1-10(2-5-12)7-8-19/h1-6,9,19H,7-8,17H2. The third-order valence-corrected chi connectivity index (χ3v) is 3.51. The van der Waals surface area contributed by atoms with Crippen molar-refractivity contribution in [3.8, 4) is 0 Å². The molecular weight excluding hydrogens is 268 g/mol. The van der Waals surface area contributed by atoms with E-state index in [-0.39, 0.29) is 18.4 Å². The van der Waals surface area contributed by atoms with Gasteiger partial charge in [0.2, 0.25) is 0 Å². The van der Waals surface area contributed by atoms with E-state index in [1.807, 2.05) is 0 Å². The first-order valence-corrected chi connectivity index (χ1v) is 6.60. The molecule has 0 aliphatic carbocycles. The Balaban J connectivity index is 1.97. The van der Waals surface area contributed by atoms with Crippen LogP contribution in [0.4, 0.5) is 11.4 Å². The van der Waals surface area contributed by atoms with Crippen LogP contribution in [-0.4, -0.2) is 23.5 Å². The van der Waals surface area contributed by atoms with Gasteiger partial charge in [-0.3, -0.25) is 9.59 Å². The van der Waals surface area contributed by atoms with Crippen LogP contribution in [0.5, 0.6) is 0 Å². The van der Waals surface area contributed by atoms with Crippen molar-refractivity contribution < 1.29 is 14.7 Å². The van der Waals surface area contributed by atoms with Gasteiger partial charge in [0.25, 0.3) is 11.8 Å². The average molecular weight is 282 g/mol. The molecule has 0 aromatic heterocycles. The lowest BCUT2D eigenvalue weighted by Crippen LogP contribution is -2.29. The predicted molar refractivity (Wildman–Crippen MR) is 79.2 cm³/mol. The van der Waals surface area contributed by atoms with Gasteiger partial charge >= 0.3 is 0 Å². The molecule has 1 aliphatic rings. The van der Waals surface area contributed by atoms with Gasteiger partial charge in [0, 0.05) is 12.3 Å². The number of aliphatic hydroxyl groups is 1. The van der Waals surface area contributed by atoms with E-state index in [1.165, 1.54) is 6.07 Å². The highest BCUT2D eigenvalue weighted by Gasteiger charge is 2.36. The number of hydrogen-bond acceptors (Lipinski definition) is 4. The molecule has 2 aromatic carbocycles. The van der Waals surface area contributed by atoms with Gasteiger partial charge in [0.15, 0.2) is 0 Å². The first-order valence-electron chi connectivity index (χ1n) is 6.60. The monoisotopic (exact) mass is 282 g/mol. The van der Waals surface area contributed by atoms with Gasteiger partial charge in [-0.1, -0.05) is 12.1 Å². The number of amides is 2. The minimum absolute atomic E-state index is 0.0612. The Morgan fingerprint density at radius 3 is 2.29 bits per heavy atom. The van der Waals surface area contributed by atoms with Crippen LogP contribution in [0.2, 0.25) is 0 Å². The van der Waals surface area contributed by atoms with Crippen LogP contribution in [0.25, 0.3) is 0 Å². The Morgan fingerprint density at radius 2 is 1.62 bits per heavy atom. The van der Waals surface area contributed by atoms with Crippen molar-refractivity contribution in [2.45, 2.75) is 6.42 Å². The predicted octanol–water partition coefficient (Wildman–Crippen LogP) is 1.60. The van der Waals surface area contributed by atoms with E-state index in [1.54, 1.807) is 36.4 Å². The third-order valence-electron chi connectivity index (χ3n) is 3.51. The molecule has 0 saturated carbocycles. The highest BCUT2D eigenvalue weighted by molar-refractivity contribution is 6.34. The Kier molecular flexibility index (Phi) is 3.19. The summed E-state index contributed by atoms with van der Waals surface area (Å²) < 4.78 is 0. The van der Waals surface area contributed by atoms with E-state index < -0.39 is 0 Å². The zero-order chi connectivity index (χ0) is 15.0. The molecule has 1 aliphatic heterocycles. The molecule has 0 radical (unpaired) electrons. The Morgan fingerprint density at radius 1 is 0.952 bits per heavy atom. The third kappa shape index (κ3) is 2.17. The van der Waals surface area contributed by atoms with E-state index in [9.17, 15) is 9.59 Å². The summed E-state index contributed by atoms with van der Waals surface area (Å²) in [4.78, 5) is 25.9. The fourth-order valence-corrected chi connectivity index (χ4v) is 2.43. The zero-order valence-electron chi connectivity index (χ0n) is 11.2. The van der Waals surface area contributed by atoms with Crippen LogP contribution in [0, 0.1) is 0 Å². The first kappa shape index (κ1) is 13.3. The summed E-state index contributed by atoms with van der Waals surface area (Å²) in [5.41, 5.74) is 8.29. The number of nitrogens with two attached hydrogens (primary N) is 1. The van der Waals surface area contributed by atoms with E-state index in [2.05, 4.69) is 0 Å². The summed E-state index contributed by atoms with van der Waals surface area (Å²) in [6.45, 7) is 0.0612. The van der Waals surface area contributed by atoms with Crippen molar-refractivity contribution in [1.82, 2.24) is 0 Å². The topological polar surface area (TPSA) is 83.6 Å². The second-order valence-electron chi connectivity index (χ2n) is 4.89. The van der Waals surface area contributed by atoms with Gasteiger partial charge in [0.1, 0.15) is 0 Å². The molecule has 21 heavy (non-hydrogen) atoms. The summed E-state index contributed by atoms with van der Waals surface area (Å²) in [5, 5.41) is 8.90. The van der Waals surface area contributed by atoms with Gasteiger partial charge in [-0.05, 0) is 42.3 Å². The maximum absolute atomic E-state index is 12.4. The number of aliphatic hydroxyl groups excluding tert-OH is 1. The zero-order valence-corrected chi connectivity index (χ0v) is 11.2. The smallest absolute Gasteiger partial charge is 0.266 e. The number of hydrogen-bond donors (Lipinski definition) is 2. The first-order chi connectivity index (χ1) is 10.1. The molecule has 0 bridgehead atoms. The van der Waals surface area contributed by atoms with Crippen LogP contribution in [0.3, 0.4) is 0 Å². The summed E-state index contributed by atoms with van der Waals surface area (Å²) in [7, 11) is 0. The lowest BCUT2D eigenvalue weighted by atomic mass is 10.1. The van der Waals surface area contributed by atoms with Gasteiger partial charge in [-0.25, -0.2) is 4.90 Å². The number of anilines is 2.